The zero-order chi connectivity index (χ0) is 13.5. The lowest BCUT2D eigenvalue weighted by Crippen LogP contribution is -2.66. The van der Waals surface area contributed by atoms with E-state index in [-0.39, 0.29) is 19.0 Å². The summed E-state index contributed by atoms with van der Waals surface area (Å²) in [4.78, 5) is 14.1. The van der Waals surface area contributed by atoms with Gasteiger partial charge in [0.2, 0.25) is 5.91 Å². The Balaban J connectivity index is 1.72. The van der Waals surface area contributed by atoms with Crippen LogP contribution in [0, 0.1) is 5.41 Å². The highest BCUT2D eigenvalue weighted by atomic mass is 35.5. The molecule has 0 bridgehead atoms. The first-order valence-corrected chi connectivity index (χ1v) is 6.85. The Morgan fingerprint density at radius 1 is 1.37 bits per heavy atom. The van der Waals surface area contributed by atoms with E-state index in [1.165, 1.54) is 0 Å². The third-order valence-corrected chi connectivity index (χ3v) is 4.21. The summed E-state index contributed by atoms with van der Waals surface area (Å²) in [5.41, 5.74) is 0.699. The topological polar surface area (TPSA) is 32.3 Å². The van der Waals surface area contributed by atoms with Crippen molar-refractivity contribution in [2.75, 3.05) is 26.2 Å². The normalized spacial score (nSPS) is 21.7. The van der Waals surface area contributed by atoms with Crippen LogP contribution in [0.25, 0.3) is 0 Å². The fourth-order valence-corrected chi connectivity index (χ4v) is 2.82. The maximum atomic E-state index is 12.9. The van der Waals surface area contributed by atoms with Crippen molar-refractivity contribution in [2.45, 2.75) is 12.6 Å². The van der Waals surface area contributed by atoms with Crippen molar-refractivity contribution in [3.05, 3.63) is 34.9 Å². The molecule has 0 aromatic heterocycles. The van der Waals surface area contributed by atoms with Crippen LogP contribution in [0.3, 0.4) is 0 Å². The molecule has 3 rings (SSSR count). The highest BCUT2D eigenvalue weighted by Crippen LogP contribution is 2.32. The maximum absolute atomic E-state index is 12.9. The van der Waals surface area contributed by atoms with Gasteiger partial charge in [0.1, 0.15) is 6.17 Å². The van der Waals surface area contributed by atoms with E-state index in [4.69, 9.17) is 11.6 Å². The summed E-state index contributed by atoms with van der Waals surface area (Å²) >= 11 is 5.86. The fourth-order valence-electron chi connectivity index (χ4n) is 2.70. The Hall–Kier alpha value is -1.13. The summed E-state index contributed by atoms with van der Waals surface area (Å²) in [6.45, 7) is 1.84. The Kier molecular flexibility index (Phi) is 3.23. The molecule has 2 aliphatic rings. The quantitative estimate of drug-likeness (QED) is 0.914. The number of benzene rings is 1. The van der Waals surface area contributed by atoms with Crippen LogP contribution in [0.5, 0.6) is 0 Å². The molecule has 0 atom stereocenters. The average Bonchev–Trinajstić information content (AvgIpc) is 2.31. The van der Waals surface area contributed by atoms with Gasteiger partial charge in [0, 0.05) is 18.1 Å². The summed E-state index contributed by atoms with van der Waals surface area (Å²) in [5.74, 6) is 0.0788. The van der Waals surface area contributed by atoms with Crippen molar-refractivity contribution in [3.8, 4) is 0 Å². The van der Waals surface area contributed by atoms with Crippen LogP contribution in [-0.4, -0.2) is 43.2 Å². The Morgan fingerprint density at radius 2 is 2.00 bits per heavy atom. The van der Waals surface area contributed by atoms with Gasteiger partial charge in [-0.15, -0.1) is 0 Å². The molecule has 19 heavy (non-hydrogen) atoms. The molecular formula is C14H16ClFN2O. The van der Waals surface area contributed by atoms with Gasteiger partial charge < -0.3 is 10.2 Å². The summed E-state index contributed by atoms with van der Waals surface area (Å²) < 4.78 is 12.9. The van der Waals surface area contributed by atoms with E-state index in [9.17, 15) is 9.18 Å². The number of likely N-dealkylation sites (tertiary alicyclic amines) is 1. The standard InChI is InChI=1S/C14H16ClFN2O/c15-11-3-1-10(2-4-11)5-14(8-17-9-14)13(19)18-6-12(16)7-18/h1-4,12,17H,5-9H2. The van der Waals surface area contributed by atoms with Crippen LogP contribution >= 0.6 is 11.6 Å². The Labute approximate surface area is 116 Å². The van der Waals surface area contributed by atoms with Crippen LogP contribution in [0.2, 0.25) is 5.02 Å². The third-order valence-electron chi connectivity index (χ3n) is 3.96. The first kappa shape index (κ1) is 12.9. The summed E-state index contributed by atoms with van der Waals surface area (Å²) in [7, 11) is 0. The van der Waals surface area contributed by atoms with E-state index in [0.29, 0.717) is 24.5 Å². The fraction of sp³-hybridized carbons (Fsp3) is 0.500. The molecule has 1 amide bonds. The zero-order valence-electron chi connectivity index (χ0n) is 10.5. The smallest absolute Gasteiger partial charge is 0.231 e. The average molecular weight is 283 g/mol. The number of carbonyl (C=O) groups excluding carboxylic acids is 1. The minimum absolute atomic E-state index is 0.0788. The zero-order valence-corrected chi connectivity index (χ0v) is 11.3. The minimum atomic E-state index is -0.843. The van der Waals surface area contributed by atoms with Gasteiger partial charge in [0.05, 0.1) is 18.5 Å². The highest BCUT2D eigenvalue weighted by molar-refractivity contribution is 6.30. The molecule has 0 radical (unpaired) electrons. The number of halogens is 2. The molecule has 2 heterocycles. The molecule has 1 aromatic rings. The van der Waals surface area contributed by atoms with E-state index in [2.05, 4.69) is 5.32 Å². The summed E-state index contributed by atoms with van der Waals surface area (Å²) in [6, 6.07) is 7.57. The molecule has 2 saturated heterocycles. The number of rotatable bonds is 3. The molecule has 1 N–H and O–H groups in total. The van der Waals surface area contributed by atoms with Gasteiger partial charge in [-0.2, -0.15) is 0 Å². The van der Waals surface area contributed by atoms with Crippen molar-refractivity contribution in [3.63, 3.8) is 0 Å². The van der Waals surface area contributed by atoms with E-state index in [0.717, 1.165) is 5.56 Å². The molecule has 2 fully saturated rings. The Morgan fingerprint density at radius 3 is 2.47 bits per heavy atom. The maximum Gasteiger partial charge on any atom is 0.231 e. The molecule has 0 unspecified atom stereocenters. The number of carbonyl (C=O) groups is 1. The summed E-state index contributed by atoms with van der Waals surface area (Å²) in [6.07, 6.45) is -0.159. The molecule has 5 heteroatoms. The van der Waals surface area contributed by atoms with Crippen molar-refractivity contribution in [1.29, 1.82) is 0 Å². The lowest BCUT2D eigenvalue weighted by atomic mass is 9.74. The van der Waals surface area contributed by atoms with Gasteiger partial charge in [-0.3, -0.25) is 4.79 Å². The van der Waals surface area contributed by atoms with E-state index >= 15 is 0 Å². The second kappa shape index (κ2) is 4.76. The van der Waals surface area contributed by atoms with Gasteiger partial charge >= 0.3 is 0 Å². The van der Waals surface area contributed by atoms with Crippen LogP contribution in [0.1, 0.15) is 5.56 Å². The van der Waals surface area contributed by atoms with Crippen LogP contribution in [0.4, 0.5) is 4.39 Å². The third kappa shape index (κ3) is 2.35. The molecule has 102 valence electrons. The van der Waals surface area contributed by atoms with Crippen LogP contribution < -0.4 is 5.32 Å². The lowest BCUT2D eigenvalue weighted by molar-refractivity contribution is -0.152. The largest absolute Gasteiger partial charge is 0.336 e. The monoisotopic (exact) mass is 282 g/mol. The Bertz CT molecular complexity index is 481. The van der Waals surface area contributed by atoms with Crippen molar-refractivity contribution in [2.24, 2.45) is 5.41 Å². The predicted molar refractivity (Wildman–Crippen MR) is 71.9 cm³/mol. The lowest BCUT2D eigenvalue weighted by Gasteiger charge is -2.47. The summed E-state index contributed by atoms with van der Waals surface area (Å²) in [5, 5.41) is 3.85. The van der Waals surface area contributed by atoms with Crippen LogP contribution in [-0.2, 0) is 11.2 Å². The molecule has 0 spiro atoms. The molecule has 1 aromatic carbocycles. The number of nitrogens with one attached hydrogen (secondary N) is 1. The number of nitrogens with zero attached hydrogens (tertiary/aromatic N) is 1. The first-order valence-electron chi connectivity index (χ1n) is 6.48. The first-order chi connectivity index (χ1) is 9.09. The predicted octanol–water partition coefficient (Wildman–Crippen LogP) is 1.65. The van der Waals surface area contributed by atoms with Gasteiger partial charge in [-0.05, 0) is 24.1 Å². The van der Waals surface area contributed by atoms with E-state index < -0.39 is 11.6 Å². The van der Waals surface area contributed by atoms with E-state index in [1.54, 1.807) is 4.90 Å². The number of hydrogen-bond donors (Lipinski definition) is 1. The molecular weight excluding hydrogens is 267 g/mol. The van der Waals surface area contributed by atoms with Crippen molar-refractivity contribution in [1.82, 2.24) is 10.2 Å². The highest BCUT2D eigenvalue weighted by Gasteiger charge is 2.48. The SMILES string of the molecule is O=C(N1CC(F)C1)C1(Cc2ccc(Cl)cc2)CNC1. The molecule has 3 nitrogen and oxygen atoms in total. The van der Waals surface area contributed by atoms with E-state index in [1.807, 2.05) is 24.3 Å². The number of alkyl halides is 1. The van der Waals surface area contributed by atoms with Crippen molar-refractivity contribution < 1.29 is 9.18 Å². The molecule has 2 aliphatic heterocycles. The second-order valence-corrected chi connectivity index (χ2v) is 5.93. The van der Waals surface area contributed by atoms with Crippen LogP contribution in [0.15, 0.2) is 24.3 Å². The van der Waals surface area contributed by atoms with Crippen molar-refractivity contribution >= 4 is 17.5 Å². The van der Waals surface area contributed by atoms with Gasteiger partial charge in [0.15, 0.2) is 0 Å². The second-order valence-electron chi connectivity index (χ2n) is 5.49. The van der Waals surface area contributed by atoms with Gasteiger partial charge in [0.25, 0.3) is 0 Å². The number of amides is 1. The molecule has 0 aliphatic carbocycles. The van der Waals surface area contributed by atoms with Gasteiger partial charge in [-0.1, -0.05) is 23.7 Å². The van der Waals surface area contributed by atoms with Gasteiger partial charge in [-0.25, -0.2) is 4.39 Å². The minimum Gasteiger partial charge on any atom is -0.336 e. The number of hydrogen-bond acceptors (Lipinski definition) is 2. The molecule has 0 saturated carbocycles.